The number of hydrogen-bond acceptors (Lipinski definition) is 2. The van der Waals surface area contributed by atoms with Gasteiger partial charge in [0, 0.05) is 39.1 Å². The van der Waals surface area contributed by atoms with Crippen molar-refractivity contribution in [3.05, 3.63) is 25.6 Å². The lowest BCUT2D eigenvalue weighted by Crippen LogP contribution is -2.40. The summed E-state index contributed by atoms with van der Waals surface area (Å²) in [5, 5.41) is 3.68. The second-order valence-corrected chi connectivity index (χ2v) is 8.48. The molecule has 0 bridgehead atoms. The highest BCUT2D eigenvalue weighted by molar-refractivity contribution is 9.11. The summed E-state index contributed by atoms with van der Waals surface area (Å²) in [5.41, 5.74) is 1.16. The van der Waals surface area contributed by atoms with E-state index in [4.69, 9.17) is 0 Å². The Morgan fingerprint density at radius 1 is 1.15 bits per heavy atom. The summed E-state index contributed by atoms with van der Waals surface area (Å²) in [5.74, 6) is 0.759. The molecule has 5 heteroatoms. The molecule has 1 aliphatic heterocycles. The van der Waals surface area contributed by atoms with E-state index in [0.717, 1.165) is 25.0 Å². The predicted molar refractivity (Wildman–Crippen MR) is 97.5 cm³/mol. The van der Waals surface area contributed by atoms with Gasteiger partial charge in [0.2, 0.25) is 0 Å². The van der Waals surface area contributed by atoms with Gasteiger partial charge < -0.3 is 10.2 Å². The Balaban J connectivity index is 1.93. The lowest BCUT2D eigenvalue weighted by molar-refractivity contribution is 0.198. The molecule has 0 unspecified atom stereocenters. The number of likely N-dealkylation sites (tertiary alicyclic amines) is 1. The van der Waals surface area contributed by atoms with E-state index >= 15 is 0 Å². The molecule has 0 radical (unpaired) electrons. The smallest absolute Gasteiger partial charge is 0.0631 e. The zero-order valence-corrected chi connectivity index (χ0v) is 16.7. The molecule has 0 atom stereocenters. The molecule has 20 heavy (non-hydrogen) atoms. The maximum Gasteiger partial charge on any atom is 0.0631 e. The van der Waals surface area contributed by atoms with Gasteiger partial charge in [-0.2, -0.15) is 0 Å². The monoisotopic (exact) mass is 466 g/mol. The molecular weight excluding hydrogens is 448 g/mol. The maximum absolute atomic E-state index is 3.68. The Bertz CT molecular complexity index is 431. The minimum Gasteiger partial charge on any atom is -0.380 e. The van der Waals surface area contributed by atoms with Crippen LogP contribution in [0.4, 0.5) is 5.69 Å². The first-order valence-corrected chi connectivity index (χ1v) is 9.47. The van der Waals surface area contributed by atoms with E-state index in [-0.39, 0.29) is 0 Å². The molecule has 1 aromatic rings. The zero-order valence-electron chi connectivity index (χ0n) is 11.9. The Kier molecular flexibility index (Phi) is 6.39. The van der Waals surface area contributed by atoms with Crippen LogP contribution in [0.15, 0.2) is 25.6 Å². The molecule has 1 aliphatic rings. The van der Waals surface area contributed by atoms with E-state index in [1.54, 1.807) is 0 Å². The van der Waals surface area contributed by atoms with Crippen molar-refractivity contribution in [1.82, 2.24) is 4.90 Å². The van der Waals surface area contributed by atoms with E-state index in [1.807, 2.05) is 0 Å². The lowest BCUT2D eigenvalue weighted by atomic mass is 10.0. The van der Waals surface area contributed by atoms with Crippen LogP contribution < -0.4 is 5.32 Å². The third kappa shape index (κ3) is 4.72. The Morgan fingerprint density at radius 3 is 2.20 bits per heavy atom. The first kappa shape index (κ1) is 16.8. The first-order chi connectivity index (χ1) is 9.45. The van der Waals surface area contributed by atoms with E-state index in [1.165, 1.54) is 32.5 Å². The van der Waals surface area contributed by atoms with Crippen LogP contribution in [-0.4, -0.2) is 30.6 Å². The van der Waals surface area contributed by atoms with Gasteiger partial charge in [-0.15, -0.1) is 0 Å². The van der Waals surface area contributed by atoms with Gasteiger partial charge in [0.05, 0.1) is 5.69 Å². The fraction of sp³-hybridized carbons (Fsp3) is 0.600. The zero-order chi connectivity index (χ0) is 14.7. The molecule has 1 heterocycles. The van der Waals surface area contributed by atoms with Crippen molar-refractivity contribution >= 4 is 53.5 Å². The number of anilines is 1. The summed E-state index contributed by atoms with van der Waals surface area (Å²) >= 11 is 10.8. The van der Waals surface area contributed by atoms with E-state index in [0.29, 0.717) is 6.04 Å². The molecule has 0 amide bonds. The van der Waals surface area contributed by atoms with Crippen molar-refractivity contribution in [2.45, 2.75) is 32.7 Å². The Morgan fingerprint density at radius 2 is 1.70 bits per heavy atom. The lowest BCUT2D eigenvalue weighted by Gasteiger charge is -2.34. The fourth-order valence-corrected chi connectivity index (χ4v) is 5.15. The van der Waals surface area contributed by atoms with Crippen molar-refractivity contribution in [3.8, 4) is 0 Å². The average Bonchev–Trinajstić information content (AvgIpc) is 2.35. The molecule has 0 saturated carbocycles. The number of nitrogens with zero attached hydrogens (tertiary/aromatic N) is 1. The molecule has 1 fully saturated rings. The minimum absolute atomic E-state index is 0.562. The number of benzene rings is 1. The Labute approximate surface area is 147 Å². The number of nitrogens with one attached hydrogen (secondary N) is 1. The summed E-state index contributed by atoms with van der Waals surface area (Å²) < 4.78 is 3.28. The third-order valence-electron chi connectivity index (χ3n) is 3.57. The Hall–Kier alpha value is 0.420. The second-order valence-electron chi connectivity index (χ2n) is 5.86. The SMILES string of the molecule is CC(C)CN1CCC(Nc2c(Br)cc(Br)cc2Br)CC1. The van der Waals surface area contributed by atoms with Gasteiger partial charge in [-0.25, -0.2) is 0 Å². The van der Waals surface area contributed by atoms with Gasteiger partial charge in [0.1, 0.15) is 0 Å². The topological polar surface area (TPSA) is 15.3 Å². The summed E-state index contributed by atoms with van der Waals surface area (Å²) in [6.45, 7) is 8.20. The van der Waals surface area contributed by atoms with Crippen LogP contribution in [0.2, 0.25) is 0 Å². The highest BCUT2D eigenvalue weighted by Crippen LogP contribution is 2.35. The third-order valence-corrected chi connectivity index (χ3v) is 5.27. The van der Waals surface area contributed by atoms with Gasteiger partial charge >= 0.3 is 0 Å². The highest BCUT2D eigenvalue weighted by Gasteiger charge is 2.20. The maximum atomic E-state index is 3.68. The molecule has 112 valence electrons. The molecule has 0 aliphatic carbocycles. The number of piperidine rings is 1. The van der Waals surface area contributed by atoms with Crippen LogP contribution >= 0.6 is 47.8 Å². The van der Waals surface area contributed by atoms with Crippen molar-refractivity contribution < 1.29 is 0 Å². The highest BCUT2D eigenvalue weighted by atomic mass is 79.9. The molecule has 0 aromatic heterocycles. The van der Waals surface area contributed by atoms with Gasteiger partial charge in [0.25, 0.3) is 0 Å². The normalized spacial score (nSPS) is 17.7. The average molecular weight is 469 g/mol. The van der Waals surface area contributed by atoms with E-state index in [9.17, 15) is 0 Å². The van der Waals surface area contributed by atoms with Gasteiger partial charge in [0.15, 0.2) is 0 Å². The van der Waals surface area contributed by atoms with E-state index in [2.05, 4.69) is 84.0 Å². The van der Waals surface area contributed by atoms with Crippen LogP contribution in [-0.2, 0) is 0 Å². The van der Waals surface area contributed by atoms with Crippen LogP contribution in [0.1, 0.15) is 26.7 Å². The molecule has 1 N–H and O–H groups in total. The van der Waals surface area contributed by atoms with Crippen LogP contribution in [0.5, 0.6) is 0 Å². The molecule has 1 aromatic carbocycles. The number of halogens is 3. The van der Waals surface area contributed by atoms with Crippen molar-refractivity contribution in [3.63, 3.8) is 0 Å². The first-order valence-electron chi connectivity index (χ1n) is 7.09. The van der Waals surface area contributed by atoms with Gasteiger partial charge in [-0.3, -0.25) is 0 Å². The molecule has 0 spiro atoms. The van der Waals surface area contributed by atoms with Crippen molar-refractivity contribution in [1.29, 1.82) is 0 Å². The summed E-state index contributed by atoms with van der Waals surface area (Å²) in [4.78, 5) is 2.58. The second kappa shape index (κ2) is 7.61. The minimum atomic E-state index is 0.562. The van der Waals surface area contributed by atoms with Crippen LogP contribution in [0.25, 0.3) is 0 Å². The van der Waals surface area contributed by atoms with Crippen LogP contribution in [0.3, 0.4) is 0 Å². The molecule has 2 rings (SSSR count). The van der Waals surface area contributed by atoms with Crippen LogP contribution in [0, 0.1) is 5.92 Å². The summed E-state index contributed by atoms with van der Waals surface area (Å²) in [6, 6.07) is 4.73. The van der Waals surface area contributed by atoms with Gasteiger partial charge in [-0.05, 0) is 62.8 Å². The number of rotatable bonds is 4. The molecular formula is C15H21Br3N2. The van der Waals surface area contributed by atoms with E-state index < -0.39 is 0 Å². The quantitative estimate of drug-likeness (QED) is 0.627. The van der Waals surface area contributed by atoms with Crippen molar-refractivity contribution in [2.75, 3.05) is 25.0 Å². The molecule has 1 saturated heterocycles. The van der Waals surface area contributed by atoms with Gasteiger partial charge in [-0.1, -0.05) is 29.8 Å². The standard InChI is InChI=1S/C15H21Br3N2/c1-10(2)9-20-5-3-12(4-6-20)19-15-13(17)7-11(16)8-14(15)18/h7-8,10,12,19H,3-6,9H2,1-2H3. The number of hydrogen-bond donors (Lipinski definition) is 1. The largest absolute Gasteiger partial charge is 0.380 e. The summed E-state index contributed by atoms with van der Waals surface area (Å²) in [7, 11) is 0. The molecule has 2 nitrogen and oxygen atoms in total. The summed E-state index contributed by atoms with van der Waals surface area (Å²) in [6.07, 6.45) is 2.42. The fourth-order valence-electron chi connectivity index (χ4n) is 2.66. The van der Waals surface area contributed by atoms with Crippen molar-refractivity contribution in [2.24, 2.45) is 5.92 Å². The predicted octanol–water partition coefficient (Wildman–Crippen LogP) is 5.51.